The van der Waals surface area contributed by atoms with E-state index in [1.165, 1.54) is 19.2 Å². The van der Waals surface area contributed by atoms with Crippen molar-refractivity contribution in [1.82, 2.24) is 24.4 Å². The molecule has 7 heteroatoms. The van der Waals surface area contributed by atoms with Crippen LogP contribution < -0.4 is 10.5 Å². The highest BCUT2D eigenvalue weighted by Crippen LogP contribution is 2.20. The molecule has 0 unspecified atom stereocenters. The van der Waals surface area contributed by atoms with Crippen LogP contribution in [0, 0.1) is 5.92 Å². The van der Waals surface area contributed by atoms with E-state index >= 15 is 0 Å². The monoisotopic (exact) mass is 366 g/mol. The predicted octanol–water partition coefficient (Wildman–Crippen LogP) is 2.59. The number of piperidine rings is 1. The van der Waals surface area contributed by atoms with Crippen molar-refractivity contribution in [2.75, 3.05) is 32.0 Å². The first kappa shape index (κ1) is 17.7. The van der Waals surface area contributed by atoms with Gasteiger partial charge in [0, 0.05) is 6.54 Å². The van der Waals surface area contributed by atoms with E-state index in [1.54, 1.807) is 0 Å². The number of rotatable bonds is 7. The number of likely N-dealkylation sites (tertiary alicyclic amines) is 1. The molecule has 1 aliphatic rings. The standard InChI is InChI=1S/C20H26N6O/c21-19-18-20(23-14-22-19)26(15-24-18)10-4-9-25-11-7-16(8-12-25)13-27-17-5-2-1-3-6-17/h1-3,5-6,14-16H,4,7-13H2,(H2,21,22,23). The molecule has 142 valence electrons. The minimum Gasteiger partial charge on any atom is -0.493 e. The number of para-hydroxylation sites is 1. The number of nitrogens with zero attached hydrogens (tertiary/aromatic N) is 5. The smallest absolute Gasteiger partial charge is 0.165 e. The van der Waals surface area contributed by atoms with Crippen molar-refractivity contribution in [3.63, 3.8) is 0 Å². The number of nitrogen functional groups attached to an aromatic ring is 1. The van der Waals surface area contributed by atoms with E-state index < -0.39 is 0 Å². The fourth-order valence-electron chi connectivity index (χ4n) is 3.63. The first-order valence-electron chi connectivity index (χ1n) is 9.61. The van der Waals surface area contributed by atoms with Gasteiger partial charge in [-0.3, -0.25) is 0 Å². The third-order valence-electron chi connectivity index (χ3n) is 5.24. The Hall–Kier alpha value is -2.67. The van der Waals surface area contributed by atoms with Crippen molar-refractivity contribution in [1.29, 1.82) is 0 Å². The van der Waals surface area contributed by atoms with Crippen LogP contribution in [0.5, 0.6) is 5.75 Å². The van der Waals surface area contributed by atoms with Gasteiger partial charge < -0.3 is 19.9 Å². The molecule has 1 saturated heterocycles. The van der Waals surface area contributed by atoms with E-state index in [2.05, 4.69) is 24.4 Å². The second-order valence-corrected chi connectivity index (χ2v) is 7.13. The van der Waals surface area contributed by atoms with Crippen molar-refractivity contribution >= 4 is 17.0 Å². The molecule has 1 fully saturated rings. The number of nitrogens with two attached hydrogens (primary N) is 1. The van der Waals surface area contributed by atoms with Crippen LogP contribution in [0.2, 0.25) is 0 Å². The van der Waals surface area contributed by atoms with Crippen LogP contribution in [0.3, 0.4) is 0 Å². The highest BCUT2D eigenvalue weighted by atomic mass is 16.5. The Labute approximate surface area is 159 Å². The second-order valence-electron chi connectivity index (χ2n) is 7.13. The van der Waals surface area contributed by atoms with Gasteiger partial charge in [0.05, 0.1) is 12.9 Å². The van der Waals surface area contributed by atoms with Gasteiger partial charge in [0.1, 0.15) is 17.6 Å². The van der Waals surface area contributed by atoms with Crippen LogP contribution in [0.15, 0.2) is 43.0 Å². The van der Waals surface area contributed by atoms with E-state index in [-0.39, 0.29) is 0 Å². The second kappa shape index (κ2) is 8.35. The minimum absolute atomic E-state index is 0.443. The Morgan fingerprint density at radius 1 is 1.04 bits per heavy atom. The van der Waals surface area contributed by atoms with Gasteiger partial charge in [0.2, 0.25) is 0 Å². The fourth-order valence-corrected chi connectivity index (χ4v) is 3.63. The van der Waals surface area contributed by atoms with Gasteiger partial charge >= 0.3 is 0 Å². The lowest BCUT2D eigenvalue weighted by Gasteiger charge is -2.31. The molecule has 27 heavy (non-hydrogen) atoms. The van der Waals surface area contributed by atoms with Crippen molar-refractivity contribution in [2.24, 2.45) is 5.92 Å². The molecule has 3 heterocycles. The Morgan fingerprint density at radius 3 is 2.67 bits per heavy atom. The summed E-state index contributed by atoms with van der Waals surface area (Å²) in [6.07, 6.45) is 6.77. The van der Waals surface area contributed by atoms with Crippen LogP contribution in [0.25, 0.3) is 11.2 Å². The van der Waals surface area contributed by atoms with Gasteiger partial charge in [0.25, 0.3) is 0 Å². The normalized spacial score (nSPS) is 16.0. The third kappa shape index (κ3) is 4.36. The molecular formula is C20H26N6O. The zero-order chi connectivity index (χ0) is 18.5. The molecule has 0 saturated carbocycles. The van der Waals surface area contributed by atoms with Crippen LogP contribution in [-0.2, 0) is 6.54 Å². The lowest BCUT2D eigenvalue weighted by molar-refractivity contribution is 0.139. The molecule has 0 spiro atoms. The SMILES string of the molecule is Nc1ncnc2c1ncn2CCCN1CCC(COc2ccccc2)CC1. The van der Waals surface area contributed by atoms with E-state index in [1.807, 2.05) is 36.7 Å². The summed E-state index contributed by atoms with van der Waals surface area (Å²) in [5.41, 5.74) is 7.35. The highest BCUT2D eigenvalue weighted by Gasteiger charge is 2.19. The number of ether oxygens (including phenoxy) is 1. The third-order valence-corrected chi connectivity index (χ3v) is 5.24. The van der Waals surface area contributed by atoms with Crippen LogP contribution in [-0.4, -0.2) is 50.7 Å². The number of anilines is 1. The molecule has 3 aromatic rings. The summed E-state index contributed by atoms with van der Waals surface area (Å²) in [6.45, 7) is 5.09. The summed E-state index contributed by atoms with van der Waals surface area (Å²) >= 11 is 0. The van der Waals surface area contributed by atoms with Crippen LogP contribution in [0.1, 0.15) is 19.3 Å². The molecule has 0 aliphatic carbocycles. The molecule has 1 aliphatic heterocycles. The van der Waals surface area contributed by atoms with E-state index in [0.29, 0.717) is 17.3 Å². The molecule has 7 nitrogen and oxygen atoms in total. The molecule has 0 radical (unpaired) electrons. The van der Waals surface area contributed by atoms with Gasteiger partial charge in [-0.05, 0) is 56.9 Å². The maximum absolute atomic E-state index is 5.91. The summed E-state index contributed by atoms with van der Waals surface area (Å²) in [5.74, 6) is 2.06. The van der Waals surface area contributed by atoms with E-state index in [0.717, 1.165) is 50.6 Å². The predicted molar refractivity (Wildman–Crippen MR) is 105 cm³/mol. The van der Waals surface area contributed by atoms with Gasteiger partial charge in [-0.1, -0.05) is 18.2 Å². The van der Waals surface area contributed by atoms with Crippen molar-refractivity contribution in [2.45, 2.75) is 25.8 Å². The molecule has 1 aromatic carbocycles. The molecule has 2 aromatic heterocycles. The van der Waals surface area contributed by atoms with Crippen LogP contribution in [0.4, 0.5) is 5.82 Å². The summed E-state index contributed by atoms with van der Waals surface area (Å²) < 4.78 is 7.97. The number of imidazole rings is 1. The Balaban J connectivity index is 1.19. The lowest BCUT2D eigenvalue weighted by Crippen LogP contribution is -2.36. The van der Waals surface area contributed by atoms with Gasteiger partial charge in [-0.25, -0.2) is 15.0 Å². The topological polar surface area (TPSA) is 82.1 Å². The van der Waals surface area contributed by atoms with E-state index in [9.17, 15) is 0 Å². The Bertz CT molecular complexity index is 857. The summed E-state index contributed by atoms with van der Waals surface area (Å²) in [4.78, 5) is 15.2. The van der Waals surface area contributed by atoms with Gasteiger partial charge in [0.15, 0.2) is 11.5 Å². The molecule has 0 bridgehead atoms. The average molecular weight is 366 g/mol. The molecular weight excluding hydrogens is 340 g/mol. The fraction of sp³-hybridized carbons (Fsp3) is 0.450. The molecule has 4 rings (SSSR count). The number of aryl methyl sites for hydroxylation is 1. The highest BCUT2D eigenvalue weighted by molar-refractivity contribution is 5.80. The zero-order valence-corrected chi connectivity index (χ0v) is 15.5. The zero-order valence-electron chi connectivity index (χ0n) is 15.5. The summed E-state index contributed by atoms with van der Waals surface area (Å²) in [5, 5.41) is 0. The van der Waals surface area contributed by atoms with Crippen LogP contribution >= 0.6 is 0 Å². The Morgan fingerprint density at radius 2 is 1.85 bits per heavy atom. The van der Waals surface area contributed by atoms with Crippen molar-refractivity contribution in [3.8, 4) is 5.75 Å². The minimum atomic E-state index is 0.443. The number of hydrogen-bond acceptors (Lipinski definition) is 6. The molecule has 0 amide bonds. The molecule has 0 atom stereocenters. The first-order chi connectivity index (χ1) is 13.3. The summed E-state index contributed by atoms with van der Waals surface area (Å²) in [7, 11) is 0. The maximum atomic E-state index is 5.91. The number of hydrogen-bond donors (Lipinski definition) is 1. The molecule has 2 N–H and O–H groups in total. The van der Waals surface area contributed by atoms with E-state index in [4.69, 9.17) is 10.5 Å². The summed E-state index contributed by atoms with van der Waals surface area (Å²) in [6, 6.07) is 10.1. The van der Waals surface area contributed by atoms with Crippen molar-refractivity contribution in [3.05, 3.63) is 43.0 Å². The number of fused-ring (bicyclic) bond motifs is 1. The van der Waals surface area contributed by atoms with Crippen molar-refractivity contribution < 1.29 is 4.74 Å². The first-order valence-corrected chi connectivity index (χ1v) is 9.61. The lowest BCUT2D eigenvalue weighted by atomic mass is 9.97. The van der Waals surface area contributed by atoms with Gasteiger partial charge in [-0.15, -0.1) is 0 Å². The largest absolute Gasteiger partial charge is 0.493 e. The Kier molecular flexibility index (Phi) is 5.48. The number of benzene rings is 1. The average Bonchev–Trinajstić information content (AvgIpc) is 3.13. The quantitative estimate of drug-likeness (QED) is 0.692. The van der Waals surface area contributed by atoms with Gasteiger partial charge in [-0.2, -0.15) is 0 Å². The maximum Gasteiger partial charge on any atom is 0.165 e. The number of aromatic nitrogens is 4.